The van der Waals surface area contributed by atoms with Crippen molar-refractivity contribution >= 4 is 10.2 Å². The second kappa shape index (κ2) is 10.8. The van der Waals surface area contributed by atoms with Crippen molar-refractivity contribution in [1.82, 2.24) is 9.03 Å². The minimum atomic E-state index is -3.56. The third-order valence-electron chi connectivity index (χ3n) is 3.58. The van der Waals surface area contributed by atoms with Crippen LogP contribution in [0.2, 0.25) is 0 Å². The number of unbranched alkanes of at least 4 members (excludes halogenated alkanes) is 1. The predicted molar refractivity (Wildman–Crippen MR) is 98.7 cm³/mol. The Bertz CT molecular complexity index is 547. The van der Waals surface area contributed by atoms with Gasteiger partial charge in [0, 0.05) is 19.6 Å². The molecule has 6 heteroatoms. The number of hydrogen-bond acceptors (Lipinski definition) is 3. The highest BCUT2D eigenvalue weighted by Gasteiger charge is 2.24. The summed E-state index contributed by atoms with van der Waals surface area (Å²) < 4.78 is 28.8. The van der Waals surface area contributed by atoms with E-state index in [4.69, 9.17) is 0 Å². The van der Waals surface area contributed by atoms with E-state index in [-0.39, 0.29) is 12.5 Å². The Morgan fingerprint density at radius 2 is 1.88 bits per heavy atom. The number of benzene rings is 1. The van der Waals surface area contributed by atoms with Gasteiger partial charge >= 0.3 is 0 Å². The van der Waals surface area contributed by atoms with Gasteiger partial charge in [0.15, 0.2) is 0 Å². The molecule has 0 aliphatic carbocycles. The van der Waals surface area contributed by atoms with E-state index in [1.165, 1.54) is 4.31 Å². The van der Waals surface area contributed by atoms with Crippen LogP contribution in [0.5, 0.6) is 0 Å². The van der Waals surface area contributed by atoms with Gasteiger partial charge in [-0.1, -0.05) is 57.5 Å². The minimum Gasteiger partial charge on any atom is -0.391 e. The number of nitrogens with zero attached hydrogens (tertiary/aromatic N) is 1. The van der Waals surface area contributed by atoms with E-state index >= 15 is 0 Å². The van der Waals surface area contributed by atoms with Crippen LogP contribution in [-0.4, -0.2) is 43.6 Å². The zero-order valence-electron chi connectivity index (χ0n) is 15.0. The lowest BCUT2D eigenvalue weighted by atomic mass is 10.1. The van der Waals surface area contributed by atoms with Crippen LogP contribution in [0, 0.1) is 12.3 Å². The van der Waals surface area contributed by atoms with E-state index < -0.39 is 16.3 Å². The summed E-state index contributed by atoms with van der Waals surface area (Å²) in [5.74, 6) is 0.189. The standard InChI is InChI=1S/C18H31N2O3S/c1-4-5-13-19-24(22,23)20(14-16(2)3)15-18(21)12-11-17-9-7-6-8-10-17/h6-10,12,16,18-19,21H,4-5,11,13-15H2,1-3H3/t18-/m1/s1. The van der Waals surface area contributed by atoms with E-state index in [9.17, 15) is 13.5 Å². The lowest BCUT2D eigenvalue weighted by molar-refractivity contribution is 0.166. The first-order chi connectivity index (χ1) is 11.3. The Kier molecular flexibility index (Phi) is 9.51. The minimum absolute atomic E-state index is 0.0759. The number of aliphatic hydroxyl groups is 1. The van der Waals surface area contributed by atoms with E-state index in [0.717, 1.165) is 18.4 Å². The number of aliphatic hydroxyl groups excluding tert-OH is 1. The fraction of sp³-hybridized carbons (Fsp3) is 0.611. The highest BCUT2D eigenvalue weighted by Crippen LogP contribution is 2.10. The molecular weight excluding hydrogens is 324 g/mol. The zero-order valence-corrected chi connectivity index (χ0v) is 15.8. The smallest absolute Gasteiger partial charge is 0.279 e. The first kappa shape index (κ1) is 21.1. The lowest BCUT2D eigenvalue weighted by Crippen LogP contribution is -2.46. The summed E-state index contributed by atoms with van der Waals surface area (Å²) in [7, 11) is -3.56. The molecule has 0 aliphatic heterocycles. The maximum atomic E-state index is 12.4. The Labute approximate surface area is 147 Å². The molecule has 5 nitrogen and oxygen atoms in total. The maximum absolute atomic E-state index is 12.4. The average molecular weight is 356 g/mol. The van der Waals surface area contributed by atoms with Gasteiger partial charge in [-0.2, -0.15) is 12.7 Å². The fourth-order valence-corrected chi connectivity index (χ4v) is 3.74. The Morgan fingerprint density at radius 1 is 1.21 bits per heavy atom. The Morgan fingerprint density at radius 3 is 2.46 bits per heavy atom. The second-order valence-corrected chi connectivity index (χ2v) is 8.21. The second-order valence-electron chi connectivity index (χ2n) is 6.46. The van der Waals surface area contributed by atoms with Gasteiger partial charge in [0.2, 0.25) is 0 Å². The highest BCUT2D eigenvalue weighted by atomic mass is 32.2. The molecule has 2 N–H and O–H groups in total. The van der Waals surface area contributed by atoms with Crippen LogP contribution in [0.15, 0.2) is 30.3 Å². The molecule has 0 bridgehead atoms. The zero-order chi connectivity index (χ0) is 18.0. The van der Waals surface area contributed by atoms with Gasteiger partial charge in [-0.05, 0) is 30.7 Å². The molecule has 137 valence electrons. The summed E-state index contributed by atoms with van der Waals surface area (Å²) in [4.78, 5) is 0. The van der Waals surface area contributed by atoms with Crippen molar-refractivity contribution in [3.63, 3.8) is 0 Å². The molecule has 0 heterocycles. The van der Waals surface area contributed by atoms with Crippen molar-refractivity contribution < 1.29 is 13.5 Å². The summed E-state index contributed by atoms with van der Waals surface area (Å²) in [6, 6.07) is 9.81. The summed E-state index contributed by atoms with van der Waals surface area (Å²) in [5, 5.41) is 10.2. The first-order valence-corrected chi connectivity index (χ1v) is 10.1. The van der Waals surface area contributed by atoms with Crippen molar-refractivity contribution in [3.8, 4) is 0 Å². The lowest BCUT2D eigenvalue weighted by Gasteiger charge is -2.26. The van der Waals surface area contributed by atoms with Gasteiger partial charge in [-0.25, -0.2) is 4.72 Å². The number of nitrogens with one attached hydrogen (secondary N) is 1. The monoisotopic (exact) mass is 355 g/mol. The normalized spacial score (nSPS) is 13.6. The molecule has 0 amide bonds. The van der Waals surface area contributed by atoms with Crippen LogP contribution in [0.25, 0.3) is 0 Å². The predicted octanol–water partition coefficient (Wildman–Crippen LogP) is 2.39. The van der Waals surface area contributed by atoms with Crippen LogP contribution in [0.1, 0.15) is 39.2 Å². The van der Waals surface area contributed by atoms with Crippen molar-refractivity contribution in [2.75, 3.05) is 19.6 Å². The average Bonchev–Trinajstić information content (AvgIpc) is 2.53. The molecule has 1 radical (unpaired) electrons. The highest BCUT2D eigenvalue weighted by molar-refractivity contribution is 7.87. The third kappa shape index (κ3) is 8.24. The van der Waals surface area contributed by atoms with Gasteiger partial charge in [0.1, 0.15) is 0 Å². The molecule has 0 unspecified atom stereocenters. The van der Waals surface area contributed by atoms with Gasteiger partial charge < -0.3 is 5.11 Å². The third-order valence-corrected chi connectivity index (χ3v) is 5.13. The summed E-state index contributed by atoms with van der Waals surface area (Å²) in [6.45, 7) is 6.84. The molecule has 0 aliphatic rings. The van der Waals surface area contributed by atoms with Crippen LogP contribution >= 0.6 is 0 Å². The van der Waals surface area contributed by atoms with Crippen molar-refractivity contribution in [3.05, 3.63) is 42.3 Å². The SMILES string of the molecule is CCCCNS(=O)(=O)N(CC(C)C)C[C@H](O)[CH]Cc1ccccc1. The van der Waals surface area contributed by atoms with Gasteiger partial charge in [-0.15, -0.1) is 0 Å². The molecule has 1 rings (SSSR count). The molecule has 0 saturated carbocycles. The molecule has 24 heavy (non-hydrogen) atoms. The van der Waals surface area contributed by atoms with Crippen LogP contribution in [-0.2, 0) is 16.6 Å². The quantitative estimate of drug-likeness (QED) is 0.566. The van der Waals surface area contributed by atoms with Gasteiger partial charge in [0.25, 0.3) is 10.2 Å². The molecule has 0 aromatic heterocycles. The van der Waals surface area contributed by atoms with E-state index in [2.05, 4.69) is 4.72 Å². The maximum Gasteiger partial charge on any atom is 0.279 e. The molecule has 1 aromatic carbocycles. The summed E-state index contributed by atoms with van der Waals surface area (Å²) in [6.07, 6.45) is 3.30. The van der Waals surface area contributed by atoms with Crippen molar-refractivity contribution in [2.45, 2.75) is 46.1 Å². The van der Waals surface area contributed by atoms with Crippen molar-refractivity contribution in [2.24, 2.45) is 5.92 Å². The molecule has 1 atom stereocenters. The topological polar surface area (TPSA) is 69.6 Å². The number of rotatable bonds is 12. The summed E-state index contributed by atoms with van der Waals surface area (Å²) >= 11 is 0. The van der Waals surface area contributed by atoms with Crippen LogP contribution in [0.4, 0.5) is 0 Å². The Balaban J connectivity index is 2.60. The van der Waals surface area contributed by atoms with Crippen LogP contribution < -0.4 is 4.72 Å². The molecular formula is C18H31N2O3S. The Hall–Kier alpha value is -0.950. The summed E-state index contributed by atoms with van der Waals surface area (Å²) in [5.41, 5.74) is 1.09. The van der Waals surface area contributed by atoms with E-state index in [1.807, 2.05) is 51.1 Å². The van der Waals surface area contributed by atoms with Gasteiger partial charge in [-0.3, -0.25) is 0 Å². The van der Waals surface area contributed by atoms with E-state index in [1.54, 1.807) is 6.42 Å². The van der Waals surface area contributed by atoms with Crippen LogP contribution in [0.3, 0.4) is 0 Å². The number of hydrogen-bond donors (Lipinski definition) is 2. The molecule has 1 aromatic rings. The van der Waals surface area contributed by atoms with E-state index in [0.29, 0.717) is 19.5 Å². The largest absolute Gasteiger partial charge is 0.391 e. The first-order valence-electron chi connectivity index (χ1n) is 8.65. The molecule has 0 spiro atoms. The fourth-order valence-electron chi connectivity index (χ4n) is 2.32. The molecule has 0 saturated heterocycles. The van der Waals surface area contributed by atoms with Crippen molar-refractivity contribution in [1.29, 1.82) is 0 Å². The molecule has 0 fully saturated rings. The van der Waals surface area contributed by atoms with Gasteiger partial charge in [0.05, 0.1) is 6.10 Å².